The molecule has 0 aromatic heterocycles. The van der Waals surface area contributed by atoms with Crippen LogP contribution in [-0.4, -0.2) is 40.6 Å². The number of rotatable bonds is 9. The van der Waals surface area contributed by atoms with Crippen molar-refractivity contribution >= 4 is 23.5 Å². The topological polar surface area (TPSA) is 66.8 Å². The molecule has 0 saturated heterocycles. The van der Waals surface area contributed by atoms with E-state index in [2.05, 4.69) is 6.92 Å². The lowest BCUT2D eigenvalue weighted by Gasteiger charge is -2.24. The van der Waals surface area contributed by atoms with Gasteiger partial charge in [-0.25, -0.2) is 0 Å². The molecule has 6 heteroatoms. The molecule has 0 bridgehead atoms. The van der Waals surface area contributed by atoms with Crippen LogP contribution in [0.3, 0.4) is 0 Å². The van der Waals surface area contributed by atoms with Gasteiger partial charge in [0, 0.05) is 24.4 Å². The zero-order valence-electron chi connectivity index (χ0n) is 20.1. The minimum atomic E-state index is -1.01. The molecule has 0 radical (unpaired) electrons. The van der Waals surface area contributed by atoms with Crippen LogP contribution in [0.2, 0.25) is 5.02 Å². The van der Waals surface area contributed by atoms with E-state index in [1.54, 1.807) is 0 Å². The monoisotopic (exact) mass is 491 g/mol. The number of hydrogen-bond donors (Lipinski definition) is 1. The molecular weight excluding hydrogens is 462 g/mol. The van der Waals surface area contributed by atoms with Crippen molar-refractivity contribution < 1.29 is 19.4 Å². The summed E-state index contributed by atoms with van der Waals surface area (Å²) in [6, 6.07) is 21.6. The van der Waals surface area contributed by atoms with Crippen LogP contribution in [0.5, 0.6) is 5.75 Å². The maximum atomic E-state index is 13.1. The lowest BCUT2D eigenvalue weighted by molar-refractivity contribution is -0.144. The van der Waals surface area contributed by atoms with Crippen LogP contribution in [0.15, 0.2) is 66.7 Å². The number of halogens is 1. The Kier molecular flexibility index (Phi) is 7.46. The largest absolute Gasteiger partial charge is 0.487 e. The third kappa shape index (κ3) is 6.43. The highest BCUT2D eigenvalue weighted by atomic mass is 35.5. The van der Waals surface area contributed by atoms with Crippen molar-refractivity contribution in [3.8, 4) is 5.75 Å². The molecule has 5 nitrogen and oxygen atoms in total. The van der Waals surface area contributed by atoms with Crippen molar-refractivity contribution in [1.29, 1.82) is 0 Å². The van der Waals surface area contributed by atoms with E-state index in [1.807, 2.05) is 73.7 Å². The van der Waals surface area contributed by atoms with Gasteiger partial charge in [-0.2, -0.15) is 0 Å². The standard InChI is InChI=1S/C29H30ClNO4/c1-20-5-3-4-6-23(20)13-14-31(19-28(33)34)27(32)16-22-9-12-26-24(15-22)18-29(2,35-26)17-21-7-10-25(30)11-8-21/h3-12,15H,13-14,16-19H2,1-2H3,(H,33,34)/t29-/m1/s1. The fourth-order valence-electron chi connectivity index (χ4n) is 4.71. The first kappa shape index (κ1) is 24.8. The first-order valence-electron chi connectivity index (χ1n) is 11.8. The quantitative estimate of drug-likeness (QED) is 0.442. The Balaban J connectivity index is 1.42. The number of benzene rings is 3. The van der Waals surface area contributed by atoms with E-state index in [9.17, 15) is 14.7 Å². The van der Waals surface area contributed by atoms with Crippen LogP contribution in [0.1, 0.15) is 34.7 Å². The predicted molar refractivity (Wildman–Crippen MR) is 137 cm³/mol. The summed E-state index contributed by atoms with van der Waals surface area (Å²) in [5.74, 6) is -0.369. The predicted octanol–water partition coefficient (Wildman–Crippen LogP) is 5.28. The van der Waals surface area contributed by atoms with Crippen molar-refractivity contribution in [1.82, 2.24) is 4.90 Å². The molecular formula is C29H30ClNO4. The Morgan fingerprint density at radius 3 is 2.49 bits per heavy atom. The summed E-state index contributed by atoms with van der Waals surface area (Å²) >= 11 is 6.01. The van der Waals surface area contributed by atoms with Gasteiger partial charge in [0.1, 0.15) is 17.9 Å². The zero-order valence-corrected chi connectivity index (χ0v) is 20.8. The summed E-state index contributed by atoms with van der Waals surface area (Å²) < 4.78 is 6.28. The summed E-state index contributed by atoms with van der Waals surface area (Å²) in [6.45, 7) is 4.17. The van der Waals surface area contributed by atoms with Gasteiger partial charge < -0.3 is 14.7 Å². The number of aryl methyl sites for hydroxylation is 1. The third-order valence-electron chi connectivity index (χ3n) is 6.48. The van der Waals surface area contributed by atoms with Crippen LogP contribution < -0.4 is 4.74 Å². The van der Waals surface area contributed by atoms with E-state index in [0.717, 1.165) is 46.4 Å². The molecule has 1 amide bonds. The number of aliphatic carboxylic acids is 1. The van der Waals surface area contributed by atoms with E-state index in [4.69, 9.17) is 16.3 Å². The van der Waals surface area contributed by atoms with Gasteiger partial charge in [-0.15, -0.1) is 0 Å². The molecule has 1 aliphatic heterocycles. The van der Waals surface area contributed by atoms with Crippen LogP contribution >= 0.6 is 11.6 Å². The smallest absolute Gasteiger partial charge is 0.323 e. The Morgan fingerprint density at radius 1 is 1.06 bits per heavy atom. The normalized spacial score (nSPS) is 16.4. The Morgan fingerprint density at radius 2 is 1.77 bits per heavy atom. The van der Waals surface area contributed by atoms with Gasteiger partial charge in [-0.1, -0.05) is 60.1 Å². The number of amides is 1. The second-order valence-electron chi connectivity index (χ2n) is 9.54. The number of fused-ring (bicyclic) bond motifs is 1. The van der Waals surface area contributed by atoms with Gasteiger partial charge in [0.2, 0.25) is 5.91 Å². The van der Waals surface area contributed by atoms with Crippen LogP contribution in [0.4, 0.5) is 0 Å². The Hall–Kier alpha value is -3.31. The second kappa shape index (κ2) is 10.5. The van der Waals surface area contributed by atoms with E-state index in [1.165, 1.54) is 4.90 Å². The molecule has 1 aliphatic rings. The molecule has 35 heavy (non-hydrogen) atoms. The van der Waals surface area contributed by atoms with Crippen molar-refractivity contribution in [3.05, 3.63) is 99.6 Å². The van der Waals surface area contributed by atoms with Gasteiger partial charge in [0.15, 0.2) is 0 Å². The number of hydrogen-bond acceptors (Lipinski definition) is 3. The summed E-state index contributed by atoms with van der Waals surface area (Å²) in [7, 11) is 0. The average Bonchev–Trinajstić information content (AvgIpc) is 3.14. The van der Waals surface area contributed by atoms with Crippen LogP contribution in [0.25, 0.3) is 0 Å². The number of carbonyl (C=O) groups is 2. The summed E-state index contributed by atoms with van der Waals surface area (Å²) in [6.07, 6.45) is 2.26. The van der Waals surface area contributed by atoms with Gasteiger partial charge in [0.25, 0.3) is 0 Å². The second-order valence-corrected chi connectivity index (χ2v) is 9.97. The number of ether oxygens (including phenoxy) is 1. The van der Waals surface area contributed by atoms with Gasteiger partial charge in [-0.3, -0.25) is 9.59 Å². The number of carbonyl (C=O) groups excluding carboxylic acids is 1. The highest BCUT2D eigenvalue weighted by Gasteiger charge is 2.35. The van der Waals surface area contributed by atoms with Crippen molar-refractivity contribution in [2.75, 3.05) is 13.1 Å². The van der Waals surface area contributed by atoms with Gasteiger partial charge >= 0.3 is 5.97 Å². The molecule has 182 valence electrons. The number of nitrogens with zero attached hydrogens (tertiary/aromatic N) is 1. The maximum absolute atomic E-state index is 13.1. The minimum Gasteiger partial charge on any atom is -0.487 e. The van der Waals surface area contributed by atoms with Gasteiger partial charge in [0.05, 0.1) is 6.42 Å². The summed E-state index contributed by atoms with van der Waals surface area (Å²) in [5.41, 5.74) is 4.96. The highest BCUT2D eigenvalue weighted by Crippen LogP contribution is 2.37. The molecule has 0 fully saturated rings. The molecule has 1 atom stereocenters. The molecule has 3 aromatic carbocycles. The van der Waals surface area contributed by atoms with Crippen molar-refractivity contribution in [3.63, 3.8) is 0 Å². The highest BCUT2D eigenvalue weighted by molar-refractivity contribution is 6.30. The molecule has 0 aliphatic carbocycles. The van der Waals surface area contributed by atoms with Crippen LogP contribution in [-0.2, 0) is 35.3 Å². The SMILES string of the molecule is Cc1ccccc1CCN(CC(=O)O)C(=O)Cc1ccc2c(c1)C[C@@](C)(Cc1ccc(Cl)cc1)O2. The Bertz CT molecular complexity index is 1220. The summed E-state index contributed by atoms with van der Waals surface area (Å²) in [4.78, 5) is 25.9. The van der Waals surface area contributed by atoms with E-state index < -0.39 is 5.97 Å². The lowest BCUT2D eigenvalue weighted by atomic mass is 9.91. The first-order valence-corrected chi connectivity index (χ1v) is 12.2. The molecule has 0 spiro atoms. The molecule has 1 N–H and O–H groups in total. The summed E-state index contributed by atoms with van der Waals surface area (Å²) in [5, 5.41) is 10.1. The third-order valence-corrected chi connectivity index (χ3v) is 6.74. The fourth-order valence-corrected chi connectivity index (χ4v) is 4.83. The average molecular weight is 492 g/mol. The van der Waals surface area contributed by atoms with E-state index in [0.29, 0.717) is 18.0 Å². The van der Waals surface area contributed by atoms with Crippen LogP contribution in [0, 0.1) is 6.92 Å². The Labute approximate surface area is 211 Å². The zero-order chi connectivity index (χ0) is 25.0. The molecule has 4 rings (SSSR count). The molecule has 0 saturated carbocycles. The molecule has 0 unspecified atom stereocenters. The maximum Gasteiger partial charge on any atom is 0.323 e. The van der Waals surface area contributed by atoms with Gasteiger partial charge in [-0.05, 0) is 66.3 Å². The molecule has 3 aromatic rings. The lowest BCUT2D eigenvalue weighted by Crippen LogP contribution is -2.38. The number of carboxylic acid groups (broad SMARTS) is 1. The molecule has 1 heterocycles. The van der Waals surface area contributed by atoms with E-state index in [-0.39, 0.29) is 24.5 Å². The van der Waals surface area contributed by atoms with Crippen molar-refractivity contribution in [2.45, 2.75) is 45.1 Å². The fraction of sp³-hybridized carbons (Fsp3) is 0.310. The van der Waals surface area contributed by atoms with Crippen molar-refractivity contribution in [2.24, 2.45) is 0 Å². The van der Waals surface area contributed by atoms with E-state index >= 15 is 0 Å². The minimum absolute atomic E-state index is 0.155. The first-order chi connectivity index (χ1) is 16.7. The number of carboxylic acids is 1.